The van der Waals surface area contributed by atoms with Crippen LogP contribution < -0.4 is 22.2 Å². The summed E-state index contributed by atoms with van der Waals surface area (Å²) in [5.41, 5.74) is 17.7. The zero-order valence-corrected chi connectivity index (χ0v) is 23.3. The van der Waals surface area contributed by atoms with Crippen molar-refractivity contribution in [2.24, 2.45) is 5.73 Å². The fraction of sp³-hybridized carbons (Fsp3) is 0.273. The first-order valence-corrected chi connectivity index (χ1v) is 13.8. The lowest BCUT2D eigenvalue weighted by atomic mass is 10.1. The van der Waals surface area contributed by atoms with E-state index in [0.717, 1.165) is 65.8 Å². The maximum atomic E-state index is 6.27. The molecule has 202 valence electrons. The molecule has 0 saturated carbocycles. The number of hydrogen-bond donors (Lipinski definition) is 2. The van der Waals surface area contributed by atoms with Gasteiger partial charge in [-0.2, -0.15) is 0 Å². The summed E-state index contributed by atoms with van der Waals surface area (Å²) < 4.78 is 2.06. The molecular formula is C33H40N6. The Bertz CT molecular complexity index is 1490. The molecule has 39 heavy (non-hydrogen) atoms. The molecule has 3 heterocycles. The van der Waals surface area contributed by atoms with Crippen molar-refractivity contribution in [1.29, 1.82) is 0 Å². The molecule has 6 nitrogen and oxygen atoms in total. The highest BCUT2D eigenvalue weighted by molar-refractivity contribution is 5.72. The van der Waals surface area contributed by atoms with Crippen LogP contribution in [0.25, 0.3) is 35.3 Å². The Hall–Kier alpha value is -4.00. The molecule has 2 aromatic carbocycles. The van der Waals surface area contributed by atoms with E-state index >= 15 is 0 Å². The largest absolute Gasteiger partial charge is 0.383 e. The van der Waals surface area contributed by atoms with E-state index in [4.69, 9.17) is 16.5 Å². The standard InChI is InChI=1S/C31H34N6.C2H6/c1-22(25-7-4-3-5-8-25)10-15-29-23(2)37(31(35-29)28-9-6-18-34-30(28)33)27-13-11-24(12-14-27)21-36-19-16-26(32)17-20-36;1-2/h3-15,18,26H,2,16-17,19-21,32H2,1H3,(H2,33,34);1-2H3/b22-10+,29-15+;. The quantitative estimate of drug-likeness (QED) is 0.383. The summed E-state index contributed by atoms with van der Waals surface area (Å²) in [6.07, 6.45) is 7.92. The monoisotopic (exact) mass is 520 g/mol. The van der Waals surface area contributed by atoms with E-state index < -0.39 is 0 Å². The van der Waals surface area contributed by atoms with Gasteiger partial charge >= 0.3 is 0 Å². The van der Waals surface area contributed by atoms with Crippen LogP contribution >= 0.6 is 0 Å². The van der Waals surface area contributed by atoms with Crippen LogP contribution in [-0.4, -0.2) is 38.6 Å². The smallest absolute Gasteiger partial charge is 0.149 e. The zero-order valence-electron chi connectivity index (χ0n) is 23.3. The Labute approximate surface area is 232 Å². The second-order valence-corrected chi connectivity index (χ2v) is 9.70. The maximum absolute atomic E-state index is 6.27. The van der Waals surface area contributed by atoms with E-state index in [1.54, 1.807) is 6.20 Å². The van der Waals surface area contributed by atoms with Gasteiger partial charge in [0, 0.05) is 24.5 Å². The van der Waals surface area contributed by atoms with Crippen molar-refractivity contribution in [3.8, 4) is 17.1 Å². The van der Waals surface area contributed by atoms with Gasteiger partial charge in [0.1, 0.15) is 11.6 Å². The van der Waals surface area contributed by atoms with Crippen LogP contribution in [0.1, 0.15) is 44.7 Å². The molecule has 1 aliphatic heterocycles. The molecule has 0 unspecified atom stereocenters. The lowest BCUT2D eigenvalue weighted by Crippen LogP contribution is -2.39. The fourth-order valence-corrected chi connectivity index (χ4v) is 4.79. The average Bonchev–Trinajstić information content (AvgIpc) is 3.30. The van der Waals surface area contributed by atoms with Crippen molar-refractivity contribution in [2.75, 3.05) is 18.8 Å². The number of aromatic nitrogens is 3. The van der Waals surface area contributed by atoms with Crippen LogP contribution in [0.4, 0.5) is 5.82 Å². The van der Waals surface area contributed by atoms with E-state index in [2.05, 4.69) is 70.4 Å². The third-order valence-corrected chi connectivity index (χ3v) is 7.04. The van der Waals surface area contributed by atoms with Gasteiger partial charge < -0.3 is 11.5 Å². The van der Waals surface area contributed by atoms with Crippen LogP contribution in [0.5, 0.6) is 0 Å². The molecule has 0 aliphatic carbocycles. The fourth-order valence-electron chi connectivity index (χ4n) is 4.79. The number of nitrogens with zero attached hydrogens (tertiary/aromatic N) is 4. The van der Waals surface area contributed by atoms with Crippen LogP contribution in [0, 0.1) is 0 Å². The van der Waals surface area contributed by atoms with Crippen molar-refractivity contribution in [3.63, 3.8) is 0 Å². The number of likely N-dealkylation sites (tertiary alicyclic amines) is 1. The van der Waals surface area contributed by atoms with Gasteiger partial charge in [-0.25, -0.2) is 9.97 Å². The molecule has 4 N–H and O–H groups in total. The minimum atomic E-state index is 0.339. The first-order valence-electron chi connectivity index (χ1n) is 13.8. The third-order valence-electron chi connectivity index (χ3n) is 7.04. The Morgan fingerprint density at radius 1 is 1.00 bits per heavy atom. The van der Waals surface area contributed by atoms with Gasteiger partial charge in [-0.3, -0.25) is 9.47 Å². The number of nitrogen functional groups attached to an aromatic ring is 1. The van der Waals surface area contributed by atoms with E-state index in [1.165, 1.54) is 11.1 Å². The normalized spacial score (nSPS) is 15.2. The SMILES string of the molecule is C=c1/c(=C\C=C(/C)c2ccccc2)nc(-c2cccnc2N)n1-c1ccc(CN2CCC(N)CC2)cc1.CC. The molecule has 1 fully saturated rings. The predicted molar refractivity (Wildman–Crippen MR) is 164 cm³/mol. The van der Waals surface area contributed by atoms with Crippen LogP contribution in [0.15, 0.2) is 79.0 Å². The molecule has 5 rings (SSSR count). The summed E-state index contributed by atoms with van der Waals surface area (Å²) in [6, 6.07) is 23.1. The van der Waals surface area contributed by atoms with Crippen LogP contribution in [-0.2, 0) is 6.54 Å². The van der Waals surface area contributed by atoms with Gasteiger partial charge in [0.05, 0.1) is 16.3 Å². The summed E-state index contributed by atoms with van der Waals surface area (Å²) in [5, 5.41) is 1.59. The molecule has 0 radical (unpaired) electrons. The van der Waals surface area contributed by atoms with E-state index in [0.29, 0.717) is 11.9 Å². The number of benzene rings is 2. The molecule has 6 heteroatoms. The van der Waals surface area contributed by atoms with Crippen molar-refractivity contribution in [3.05, 3.63) is 101 Å². The van der Waals surface area contributed by atoms with Gasteiger partial charge in [-0.05, 0) is 79.9 Å². The molecule has 1 saturated heterocycles. The minimum absolute atomic E-state index is 0.339. The highest BCUT2D eigenvalue weighted by Gasteiger charge is 2.17. The molecule has 1 aliphatic rings. The lowest BCUT2D eigenvalue weighted by molar-refractivity contribution is 0.205. The lowest BCUT2D eigenvalue weighted by Gasteiger charge is -2.30. The van der Waals surface area contributed by atoms with Crippen LogP contribution in [0.3, 0.4) is 0 Å². The minimum Gasteiger partial charge on any atom is -0.383 e. The molecule has 0 bridgehead atoms. The number of imidazole rings is 1. The number of nitrogens with two attached hydrogens (primary N) is 2. The second-order valence-electron chi connectivity index (χ2n) is 9.70. The molecule has 4 aromatic rings. The number of piperidine rings is 1. The molecular weight excluding hydrogens is 480 g/mol. The number of pyridine rings is 1. The third kappa shape index (κ3) is 6.72. The molecule has 2 aromatic heterocycles. The van der Waals surface area contributed by atoms with Gasteiger partial charge in [0.15, 0.2) is 0 Å². The van der Waals surface area contributed by atoms with Gasteiger partial charge in [0.2, 0.25) is 0 Å². The first-order chi connectivity index (χ1) is 19.0. The van der Waals surface area contributed by atoms with Gasteiger partial charge in [0.25, 0.3) is 0 Å². The highest BCUT2D eigenvalue weighted by Crippen LogP contribution is 2.23. The Morgan fingerprint density at radius 3 is 2.36 bits per heavy atom. The topological polar surface area (TPSA) is 86.0 Å². The summed E-state index contributed by atoms with van der Waals surface area (Å²) in [5.74, 6) is 1.17. The maximum Gasteiger partial charge on any atom is 0.149 e. The summed E-state index contributed by atoms with van der Waals surface area (Å²) >= 11 is 0. The molecule has 0 amide bonds. The molecule has 0 atom stereocenters. The Kier molecular flexibility index (Phi) is 9.47. The summed E-state index contributed by atoms with van der Waals surface area (Å²) in [4.78, 5) is 11.7. The Balaban J connectivity index is 0.00000172. The zero-order chi connectivity index (χ0) is 27.8. The predicted octanol–water partition coefficient (Wildman–Crippen LogP) is 4.76. The van der Waals surface area contributed by atoms with E-state index in [-0.39, 0.29) is 0 Å². The first kappa shape index (κ1) is 28.0. The summed E-state index contributed by atoms with van der Waals surface area (Å²) in [6.45, 7) is 13.5. The van der Waals surface area contributed by atoms with Gasteiger partial charge in [-0.15, -0.1) is 0 Å². The average molecular weight is 521 g/mol. The van der Waals surface area contributed by atoms with Crippen molar-refractivity contribution >= 4 is 24.0 Å². The Morgan fingerprint density at radius 2 is 1.69 bits per heavy atom. The second kappa shape index (κ2) is 13.2. The van der Waals surface area contributed by atoms with E-state index in [1.807, 2.05) is 50.3 Å². The van der Waals surface area contributed by atoms with Crippen molar-refractivity contribution in [1.82, 2.24) is 19.4 Å². The summed E-state index contributed by atoms with van der Waals surface area (Å²) in [7, 11) is 0. The van der Waals surface area contributed by atoms with Crippen molar-refractivity contribution in [2.45, 2.75) is 46.2 Å². The van der Waals surface area contributed by atoms with Crippen molar-refractivity contribution < 1.29 is 0 Å². The van der Waals surface area contributed by atoms with E-state index in [9.17, 15) is 0 Å². The van der Waals surface area contributed by atoms with Crippen LogP contribution in [0.2, 0.25) is 0 Å². The van der Waals surface area contributed by atoms with Gasteiger partial charge in [-0.1, -0.05) is 69.0 Å². The number of hydrogen-bond acceptors (Lipinski definition) is 5. The number of rotatable bonds is 6. The molecule has 0 spiro atoms. The number of anilines is 1. The highest BCUT2D eigenvalue weighted by atomic mass is 15.1. The number of allylic oxidation sites excluding steroid dienone is 2.